The van der Waals surface area contributed by atoms with E-state index in [2.05, 4.69) is 127 Å². The summed E-state index contributed by atoms with van der Waals surface area (Å²) in [5.41, 5.74) is 8.95. The van der Waals surface area contributed by atoms with Crippen molar-refractivity contribution < 1.29 is 5.48 Å². The van der Waals surface area contributed by atoms with Crippen LogP contribution in [-0.2, 0) is 0 Å². The molecule has 0 amide bonds. The largest absolute Gasteiger partial charge is 0.310 e. The Kier molecular flexibility index (Phi) is 7.55. The Morgan fingerprint density at radius 3 is 1.32 bits per heavy atom. The van der Waals surface area contributed by atoms with E-state index < -0.39 is 0 Å². The normalized spacial score (nSPS) is 12.3. The quantitative estimate of drug-likeness (QED) is 0.147. The molecule has 11 aromatic rings. The minimum absolute atomic E-state index is 0.0949. The summed E-state index contributed by atoms with van der Waals surface area (Å²) in [4.78, 5) is 1.89. The van der Waals surface area contributed by atoms with E-state index in [1.54, 1.807) is 0 Å². The summed E-state index contributed by atoms with van der Waals surface area (Å²) in [6, 6.07) is 72.0. The lowest BCUT2D eigenvalue weighted by Gasteiger charge is -2.27. The molecule has 11 aromatic carbocycles. The highest BCUT2D eigenvalue weighted by atomic mass is 15.1. The smallest absolute Gasteiger partial charge is 0.0645 e. The highest BCUT2D eigenvalue weighted by molar-refractivity contribution is 6.15. The fraction of sp³-hybridized carbons (Fsp3) is 0. The van der Waals surface area contributed by atoms with E-state index in [0.717, 1.165) is 71.1 Å². The topological polar surface area (TPSA) is 3.24 Å². The molecular weight excluding hydrogens is 711 g/mol. The number of nitrogens with zero attached hydrogens (tertiary/aromatic N) is 1. The van der Waals surface area contributed by atoms with Crippen LogP contribution in [0.1, 0.15) is 5.48 Å². The Hall–Kier alpha value is -7.74. The van der Waals surface area contributed by atoms with Gasteiger partial charge in [-0.15, -0.1) is 0 Å². The van der Waals surface area contributed by atoms with E-state index in [-0.39, 0.29) is 35.4 Å². The third-order valence-corrected chi connectivity index (χ3v) is 11.5. The Morgan fingerprint density at radius 2 is 0.712 bits per heavy atom. The molecular formula is C58H39N. The van der Waals surface area contributed by atoms with Crippen LogP contribution < -0.4 is 4.90 Å². The molecule has 0 fully saturated rings. The molecule has 0 bridgehead atoms. The third kappa shape index (κ3) is 6.30. The zero-order chi connectivity index (χ0) is 42.6. The van der Waals surface area contributed by atoms with Crippen molar-refractivity contribution in [2.75, 3.05) is 4.90 Å². The van der Waals surface area contributed by atoms with Crippen molar-refractivity contribution in [1.29, 1.82) is 0 Å². The van der Waals surface area contributed by atoms with Crippen molar-refractivity contribution in [3.63, 3.8) is 0 Å². The van der Waals surface area contributed by atoms with Crippen LogP contribution in [0.4, 0.5) is 17.1 Å². The van der Waals surface area contributed by atoms with Crippen LogP contribution in [0.5, 0.6) is 0 Å². The molecule has 0 unspecified atom stereocenters. The SMILES string of the molecule is [2H]c1c([2H])c(N(c2ccc(-c3cccc(-c4ccccc4)c3)cc2)c2cccc(-c3cc4ccccc4c4ccccc34)c2)c([2H])c([2H])c1-c1cc2ccccc2c2ccccc12. The summed E-state index contributed by atoms with van der Waals surface area (Å²) in [5.74, 6) is 0. The van der Waals surface area contributed by atoms with Gasteiger partial charge in [0, 0.05) is 17.1 Å². The molecule has 59 heavy (non-hydrogen) atoms. The molecule has 0 aromatic heterocycles. The maximum atomic E-state index is 9.79. The van der Waals surface area contributed by atoms with Gasteiger partial charge in [-0.2, -0.15) is 0 Å². The van der Waals surface area contributed by atoms with E-state index in [9.17, 15) is 5.48 Å². The molecule has 0 saturated heterocycles. The number of anilines is 3. The molecule has 0 spiro atoms. The van der Waals surface area contributed by atoms with E-state index >= 15 is 0 Å². The molecule has 0 saturated carbocycles. The van der Waals surface area contributed by atoms with Gasteiger partial charge in [0.05, 0.1) is 5.48 Å². The second-order valence-corrected chi connectivity index (χ2v) is 15.0. The van der Waals surface area contributed by atoms with Gasteiger partial charge in [0.1, 0.15) is 0 Å². The lowest BCUT2D eigenvalue weighted by atomic mass is 9.92. The Labute approximate surface area is 350 Å². The van der Waals surface area contributed by atoms with Gasteiger partial charge in [0.2, 0.25) is 0 Å². The molecule has 11 rings (SSSR count). The Morgan fingerprint density at radius 1 is 0.254 bits per heavy atom. The van der Waals surface area contributed by atoms with Gasteiger partial charge in [-0.3, -0.25) is 0 Å². The summed E-state index contributed by atoms with van der Waals surface area (Å²) in [5, 5.41) is 8.54. The van der Waals surface area contributed by atoms with E-state index in [4.69, 9.17) is 0 Å². The van der Waals surface area contributed by atoms with E-state index in [1.165, 1.54) is 5.39 Å². The van der Waals surface area contributed by atoms with Gasteiger partial charge >= 0.3 is 0 Å². The van der Waals surface area contributed by atoms with Crippen molar-refractivity contribution in [2.24, 2.45) is 0 Å². The van der Waals surface area contributed by atoms with Gasteiger partial charge in [-0.1, -0.05) is 182 Å². The van der Waals surface area contributed by atoms with Gasteiger partial charge in [-0.25, -0.2) is 0 Å². The first-order valence-corrected chi connectivity index (χ1v) is 20.0. The van der Waals surface area contributed by atoms with Crippen LogP contribution in [0.15, 0.2) is 236 Å². The lowest BCUT2D eigenvalue weighted by molar-refractivity contribution is 1.28. The highest BCUT2D eigenvalue weighted by Gasteiger charge is 2.17. The van der Waals surface area contributed by atoms with Crippen LogP contribution in [0.25, 0.3) is 87.6 Å². The second-order valence-electron chi connectivity index (χ2n) is 15.0. The van der Waals surface area contributed by atoms with Crippen molar-refractivity contribution in [3.8, 4) is 44.5 Å². The average molecular weight is 754 g/mol. The van der Waals surface area contributed by atoms with Crippen LogP contribution in [0.3, 0.4) is 0 Å². The van der Waals surface area contributed by atoms with Crippen LogP contribution in [0.2, 0.25) is 0 Å². The highest BCUT2D eigenvalue weighted by Crippen LogP contribution is 2.42. The standard InChI is InChI=1S/C58H39N/c1-2-14-40(15-3-1)43-18-12-19-44(36-43)41-28-32-48(33-29-41)59(49-34-30-42(31-35-49)57-38-46-16-4-6-22-51(46)53-24-8-10-26-55(53)57)50-21-13-20-45(37-50)58-39-47-17-5-7-23-52(47)54-25-9-11-27-56(54)58/h1-39H/i30D,31D,34D,35D. The second kappa shape index (κ2) is 14.6. The van der Waals surface area contributed by atoms with Gasteiger partial charge in [-0.05, 0) is 142 Å². The first-order valence-electron chi connectivity index (χ1n) is 22.0. The van der Waals surface area contributed by atoms with Crippen molar-refractivity contribution in [2.45, 2.75) is 0 Å². The third-order valence-electron chi connectivity index (χ3n) is 11.5. The molecule has 0 radical (unpaired) electrons. The fourth-order valence-electron chi connectivity index (χ4n) is 8.64. The molecule has 1 nitrogen and oxygen atoms in total. The number of hydrogen-bond donors (Lipinski definition) is 0. The molecule has 276 valence electrons. The number of benzene rings is 11. The maximum Gasteiger partial charge on any atom is 0.0645 e. The van der Waals surface area contributed by atoms with Crippen molar-refractivity contribution in [3.05, 3.63) is 236 Å². The molecule has 0 heterocycles. The molecule has 0 N–H and O–H groups in total. The minimum atomic E-state index is -0.121. The molecule has 0 aliphatic heterocycles. The zero-order valence-electron chi connectivity index (χ0n) is 36.2. The van der Waals surface area contributed by atoms with Crippen LogP contribution in [0, 0.1) is 0 Å². The Balaban J connectivity index is 1.11. The summed E-state index contributed by atoms with van der Waals surface area (Å²) in [6.45, 7) is 0. The van der Waals surface area contributed by atoms with Crippen LogP contribution in [-0.4, -0.2) is 0 Å². The number of fused-ring (bicyclic) bond motifs is 6. The summed E-state index contributed by atoms with van der Waals surface area (Å²) < 4.78 is 38.9. The predicted molar refractivity (Wildman–Crippen MR) is 253 cm³/mol. The summed E-state index contributed by atoms with van der Waals surface area (Å²) >= 11 is 0. The number of hydrogen-bond acceptors (Lipinski definition) is 1. The van der Waals surface area contributed by atoms with E-state index in [0.29, 0.717) is 16.9 Å². The maximum absolute atomic E-state index is 9.79. The number of rotatable bonds is 7. The minimum Gasteiger partial charge on any atom is -0.310 e. The predicted octanol–water partition coefficient (Wildman–Crippen LogP) is 16.4. The van der Waals surface area contributed by atoms with Crippen molar-refractivity contribution >= 4 is 60.2 Å². The molecule has 0 aliphatic rings. The van der Waals surface area contributed by atoms with Gasteiger partial charge in [0.15, 0.2) is 0 Å². The Bertz CT molecular complexity index is 3530. The zero-order valence-corrected chi connectivity index (χ0v) is 32.2. The van der Waals surface area contributed by atoms with Crippen LogP contribution >= 0.6 is 0 Å². The molecule has 1 heteroatoms. The first kappa shape index (κ1) is 30.4. The first-order chi connectivity index (χ1) is 30.9. The lowest BCUT2D eigenvalue weighted by Crippen LogP contribution is -2.10. The van der Waals surface area contributed by atoms with Gasteiger partial charge < -0.3 is 4.90 Å². The monoisotopic (exact) mass is 753 g/mol. The fourth-order valence-corrected chi connectivity index (χ4v) is 8.64. The van der Waals surface area contributed by atoms with Gasteiger partial charge in [0.25, 0.3) is 0 Å². The molecule has 0 aliphatic carbocycles. The van der Waals surface area contributed by atoms with E-state index in [1.807, 2.05) is 89.8 Å². The summed E-state index contributed by atoms with van der Waals surface area (Å²) in [7, 11) is 0. The average Bonchev–Trinajstić information content (AvgIpc) is 3.35. The summed E-state index contributed by atoms with van der Waals surface area (Å²) in [6.07, 6.45) is 0. The van der Waals surface area contributed by atoms with Crippen molar-refractivity contribution in [1.82, 2.24) is 0 Å². The molecule has 0 atom stereocenters.